The number of esters is 1. The number of aryl methyl sites for hydroxylation is 1. The van der Waals surface area contributed by atoms with E-state index in [0.717, 1.165) is 20.8 Å². The number of thiophene rings is 1. The number of fused-ring (bicyclic) bond motifs is 2. The highest BCUT2D eigenvalue weighted by atomic mass is 32.1. The summed E-state index contributed by atoms with van der Waals surface area (Å²) in [4.78, 5) is 29.5. The third-order valence-electron chi connectivity index (χ3n) is 4.24. The second kappa shape index (κ2) is 7.78. The molecule has 4 aromatic rings. The smallest absolute Gasteiger partial charge is 0.312 e. The van der Waals surface area contributed by atoms with Crippen molar-refractivity contribution in [2.75, 3.05) is 13.2 Å². The summed E-state index contributed by atoms with van der Waals surface area (Å²) in [6, 6.07) is 6.09. The number of thiazole rings is 1. The van der Waals surface area contributed by atoms with Gasteiger partial charge in [0.15, 0.2) is 0 Å². The van der Waals surface area contributed by atoms with E-state index in [2.05, 4.69) is 10.1 Å². The fourth-order valence-electron chi connectivity index (χ4n) is 2.95. The van der Waals surface area contributed by atoms with Crippen LogP contribution in [0.15, 0.2) is 33.8 Å². The first-order valence-electron chi connectivity index (χ1n) is 8.73. The standard InChI is InChI=1S/C19H18N4O3S2/c1-11-2-3-16-15(6-11)21-17(28-16)8-23-19(25)13-10-27-9-12(13)14(22-23)7-18(24)26-5-4-20/h2-3,6,9-10H,4-5,7-8,20H2,1H3. The minimum Gasteiger partial charge on any atom is -0.464 e. The molecule has 3 aromatic heterocycles. The maximum atomic E-state index is 12.8. The number of hydrogen-bond acceptors (Lipinski definition) is 8. The molecule has 144 valence electrons. The fraction of sp³-hybridized carbons (Fsp3) is 0.263. The number of nitrogens with zero attached hydrogens (tertiary/aromatic N) is 3. The van der Waals surface area contributed by atoms with Crippen LogP contribution in [-0.2, 0) is 22.5 Å². The molecule has 7 nitrogen and oxygen atoms in total. The van der Waals surface area contributed by atoms with Crippen LogP contribution in [0.1, 0.15) is 16.3 Å². The molecule has 2 N–H and O–H groups in total. The molecule has 9 heteroatoms. The van der Waals surface area contributed by atoms with Gasteiger partial charge in [-0.2, -0.15) is 16.4 Å². The summed E-state index contributed by atoms with van der Waals surface area (Å²) in [6.07, 6.45) is -0.00739. The molecule has 1 aromatic carbocycles. The van der Waals surface area contributed by atoms with E-state index < -0.39 is 5.97 Å². The second-order valence-corrected chi connectivity index (χ2v) is 8.23. The monoisotopic (exact) mass is 414 g/mol. The number of ether oxygens (including phenoxy) is 1. The summed E-state index contributed by atoms with van der Waals surface area (Å²) in [5.41, 5.74) is 7.76. The van der Waals surface area contributed by atoms with E-state index >= 15 is 0 Å². The van der Waals surface area contributed by atoms with Gasteiger partial charge in [0, 0.05) is 22.7 Å². The molecular formula is C19H18N4O3S2. The lowest BCUT2D eigenvalue weighted by molar-refractivity contribution is -0.142. The number of rotatable bonds is 6. The Bertz CT molecular complexity index is 1230. The van der Waals surface area contributed by atoms with E-state index in [1.165, 1.54) is 27.4 Å². The van der Waals surface area contributed by atoms with E-state index in [-0.39, 0.29) is 31.7 Å². The molecule has 0 aliphatic heterocycles. The normalized spacial score (nSPS) is 11.4. The van der Waals surface area contributed by atoms with Gasteiger partial charge in [-0.1, -0.05) is 6.07 Å². The number of carbonyl (C=O) groups is 1. The predicted octanol–water partition coefficient (Wildman–Crippen LogP) is 2.47. The molecule has 0 radical (unpaired) electrons. The summed E-state index contributed by atoms with van der Waals surface area (Å²) in [5.74, 6) is -0.411. The zero-order valence-corrected chi connectivity index (χ0v) is 16.8. The van der Waals surface area contributed by atoms with E-state index in [4.69, 9.17) is 10.5 Å². The zero-order valence-electron chi connectivity index (χ0n) is 15.2. The third-order valence-corrected chi connectivity index (χ3v) is 6.01. The van der Waals surface area contributed by atoms with Crippen molar-refractivity contribution < 1.29 is 9.53 Å². The lowest BCUT2D eigenvalue weighted by Gasteiger charge is -2.08. The van der Waals surface area contributed by atoms with Gasteiger partial charge in [0.25, 0.3) is 5.56 Å². The van der Waals surface area contributed by atoms with Crippen molar-refractivity contribution >= 4 is 49.6 Å². The van der Waals surface area contributed by atoms with Crippen LogP contribution in [0, 0.1) is 6.92 Å². The van der Waals surface area contributed by atoms with Crippen LogP contribution < -0.4 is 11.3 Å². The molecule has 0 amide bonds. The van der Waals surface area contributed by atoms with Crippen molar-refractivity contribution in [2.45, 2.75) is 19.9 Å². The molecule has 0 aliphatic carbocycles. The SMILES string of the molecule is Cc1ccc2sc(Cn3nc(CC(=O)OCCN)c4cscc4c3=O)nc2c1. The van der Waals surface area contributed by atoms with Crippen LogP contribution in [0.4, 0.5) is 0 Å². The van der Waals surface area contributed by atoms with Crippen molar-refractivity contribution in [3.05, 3.63) is 55.6 Å². The van der Waals surface area contributed by atoms with Gasteiger partial charge in [-0.25, -0.2) is 9.67 Å². The van der Waals surface area contributed by atoms with Gasteiger partial charge in [0.1, 0.15) is 11.6 Å². The van der Waals surface area contributed by atoms with Gasteiger partial charge in [0.05, 0.1) is 34.3 Å². The highest BCUT2D eigenvalue weighted by molar-refractivity contribution is 7.18. The summed E-state index contributed by atoms with van der Waals surface area (Å²) >= 11 is 2.94. The Balaban J connectivity index is 1.70. The molecule has 0 saturated carbocycles. The first-order chi connectivity index (χ1) is 13.5. The average molecular weight is 415 g/mol. The Kier molecular flexibility index (Phi) is 5.21. The Hall–Kier alpha value is -2.62. The lowest BCUT2D eigenvalue weighted by Crippen LogP contribution is -2.26. The second-order valence-electron chi connectivity index (χ2n) is 6.37. The van der Waals surface area contributed by atoms with Crippen LogP contribution in [0.3, 0.4) is 0 Å². The van der Waals surface area contributed by atoms with Crippen molar-refractivity contribution in [3.63, 3.8) is 0 Å². The Labute approximate surface area is 168 Å². The van der Waals surface area contributed by atoms with E-state index in [1.54, 1.807) is 5.38 Å². The molecule has 0 saturated heterocycles. The largest absolute Gasteiger partial charge is 0.464 e. The van der Waals surface area contributed by atoms with Gasteiger partial charge < -0.3 is 10.5 Å². The number of nitrogens with two attached hydrogens (primary N) is 1. The van der Waals surface area contributed by atoms with E-state index in [1.807, 2.05) is 30.5 Å². The highest BCUT2D eigenvalue weighted by Crippen LogP contribution is 2.24. The van der Waals surface area contributed by atoms with Crippen molar-refractivity contribution in [1.29, 1.82) is 0 Å². The van der Waals surface area contributed by atoms with Crippen molar-refractivity contribution in [2.24, 2.45) is 5.73 Å². The van der Waals surface area contributed by atoms with Crippen molar-refractivity contribution in [1.82, 2.24) is 14.8 Å². The third kappa shape index (κ3) is 3.68. The number of benzene rings is 1. The summed E-state index contributed by atoms with van der Waals surface area (Å²) in [5, 5.41) is 10.1. The number of aromatic nitrogens is 3. The molecular weight excluding hydrogens is 396 g/mol. The van der Waals surface area contributed by atoms with Gasteiger partial charge >= 0.3 is 5.97 Å². The maximum absolute atomic E-state index is 12.8. The van der Waals surface area contributed by atoms with Crippen LogP contribution >= 0.6 is 22.7 Å². The first kappa shape index (κ1) is 18.7. The minimum absolute atomic E-state index is 0.00739. The Morgan fingerprint density at radius 1 is 1.29 bits per heavy atom. The first-order valence-corrected chi connectivity index (χ1v) is 10.5. The molecule has 3 heterocycles. The Morgan fingerprint density at radius 2 is 2.11 bits per heavy atom. The summed E-state index contributed by atoms with van der Waals surface area (Å²) in [6.45, 7) is 2.71. The van der Waals surface area contributed by atoms with E-state index in [9.17, 15) is 9.59 Å². The summed E-state index contributed by atoms with van der Waals surface area (Å²) < 4.78 is 7.51. The number of hydrogen-bond donors (Lipinski definition) is 1. The number of carbonyl (C=O) groups excluding carboxylic acids is 1. The molecule has 0 atom stereocenters. The van der Waals surface area contributed by atoms with Gasteiger partial charge in [-0.05, 0) is 24.6 Å². The molecule has 28 heavy (non-hydrogen) atoms. The maximum Gasteiger partial charge on any atom is 0.312 e. The highest BCUT2D eigenvalue weighted by Gasteiger charge is 2.16. The molecule has 4 rings (SSSR count). The van der Waals surface area contributed by atoms with E-state index in [0.29, 0.717) is 16.5 Å². The van der Waals surface area contributed by atoms with Crippen LogP contribution in [0.2, 0.25) is 0 Å². The minimum atomic E-state index is -0.411. The molecule has 0 aliphatic rings. The lowest BCUT2D eigenvalue weighted by atomic mass is 10.2. The van der Waals surface area contributed by atoms with Gasteiger partial charge in [-0.3, -0.25) is 9.59 Å². The topological polar surface area (TPSA) is 100 Å². The molecule has 0 unspecified atom stereocenters. The average Bonchev–Trinajstić information content (AvgIpc) is 3.30. The van der Waals surface area contributed by atoms with Crippen LogP contribution in [-0.4, -0.2) is 33.9 Å². The van der Waals surface area contributed by atoms with Gasteiger partial charge in [-0.15, -0.1) is 11.3 Å². The molecule has 0 bridgehead atoms. The fourth-order valence-corrected chi connectivity index (χ4v) is 4.71. The quantitative estimate of drug-likeness (QED) is 0.487. The molecule has 0 fully saturated rings. The Morgan fingerprint density at radius 3 is 2.93 bits per heavy atom. The molecule has 0 spiro atoms. The zero-order chi connectivity index (χ0) is 19.7. The summed E-state index contributed by atoms with van der Waals surface area (Å²) in [7, 11) is 0. The van der Waals surface area contributed by atoms with Gasteiger partial charge in [0.2, 0.25) is 0 Å². The predicted molar refractivity (Wildman–Crippen MR) is 111 cm³/mol. The van der Waals surface area contributed by atoms with Crippen LogP contribution in [0.5, 0.6) is 0 Å². The van der Waals surface area contributed by atoms with Crippen molar-refractivity contribution in [3.8, 4) is 0 Å². The van der Waals surface area contributed by atoms with Crippen LogP contribution in [0.25, 0.3) is 21.0 Å².